The zero-order valence-electron chi connectivity index (χ0n) is 10.6. The molecule has 2 aromatic rings. The second-order valence-electron chi connectivity index (χ2n) is 5.00. The molecule has 0 radical (unpaired) electrons. The van der Waals surface area contributed by atoms with E-state index < -0.39 is 0 Å². The number of benzene rings is 1. The molecule has 1 atom stereocenters. The monoisotopic (exact) mass is 246 g/mol. The van der Waals surface area contributed by atoms with Gasteiger partial charge in [0.25, 0.3) is 0 Å². The van der Waals surface area contributed by atoms with E-state index in [2.05, 4.69) is 4.98 Å². The minimum atomic E-state index is -0.0338. The summed E-state index contributed by atoms with van der Waals surface area (Å²) in [6, 6.07) is 5.95. The number of nitrogens with one attached hydrogen (secondary N) is 1. The van der Waals surface area contributed by atoms with Crippen LogP contribution in [0.15, 0.2) is 23.0 Å². The molecule has 0 amide bonds. The Kier molecular flexibility index (Phi) is 2.96. The number of aromatic amines is 1. The third-order valence-electron chi connectivity index (χ3n) is 3.65. The van der Waals surface area contributed by atoms with Crippen molar-refractivity contribution in [2.45, 2.75) is 38.8 Å². The fraction of sp³-hybridized carbons (Fsp3) is 0.500. The average molecular weight is 246 g/mol. The Balaban J connectivity index is 2.00. The largest absolute Gasteiger partial charge is 0.376 e. The highest BCUT2D eigenvalue weighted by molar-refractivity contribution is 5.78. The van der Waals surface area contributed by atoms with Crippen LogP contribution in [0.3, 0.4) is 0 Å². The van der Waals surface area contributed by atoms with Gasteiger partial charge in [0.05, 0.1) is 23.7 Å². The number of aromatic nitrogens is 2. The van der Waals surface area contributed by atoms with E-state index in [9.17, 15) is 4.79 Å². The van der Waals surface area contributed by atoms with Gasteiger partial charge in [-0.2, -0.15) is 0 Å². The van der Waals surface area contributed by atoms with Gasteiger partial charge in [-0.05, 0) is 37.8 Å². The lowest BCUT2D eigenvalue weighted by Crippen LogP contribution is -2.29. The molecule has 1 N–H and O–H groups in total. The second kappa shape index (κ2) is 4.61. The Labute approximate surface area is 106 Å². The molecule has 0 spiro atoms. The van der Waals surface area contributed by atoms with Crippen LogP contribution in [-0.4, -0.2) is 22.3 Å². The lowest BCUT2D eigenvalue weighted by atomic mass is 10.1. The third kappa shape index (κ3) is 1.97. The average Bonchev–Trinajstić information content (AvgIpc) is 2.69. The van der Waals surface area contributed by atoms with E-state index in [1.165, 1.54) is 6.42 Å². The summed E-state index contributed by atoms with van der Waals surface area (Å²) in [5.74, 6) is 0. The fourth-order valence-electron chi connectivity index (χ4n) is 2.73. The van der Waals surface area contributed by atoms with Crippen LogP contribution in [0.1, 0.15) is 24.8 Å². The number of para-hydroxylation sites is 1. The second-order valence-corrected chi connectivity index (χ2v) is 5.00. The maximum Gasteiger partial charge on any atom is 0.326 e. The molecule has 96 valence electrons. The number of ether oxygens (including phenoxy) is 1. The highest BCUT2D eigenvalue weighted by atomic mass is 16.5. The molecular weight excluding hydrogens is 228 g/mol. The summed E-state index contributed by atoms with van der Waals surface area (Å²) in [6.45, 7) is 3.51. The SMILES string of the molecule is Cc1cccc2[nH]c(=O)n(CC3CCCCO3)c12. The van der Waals surface area contributed by atoms with Gasteiger partial charge in [0, 0.05) is 6.61 Å². The zero-order chi connectivity index (χ0) is 12.5. The van der Waals surface area contributed by atoms with Crippen molar-refractivity contribution in [1.29, 1.82) is 0 Å². The van der Waals surface area contributed by atoms with Gasteiger partial charge in [0.1, 0.15) is 0 Å². The minimum absolute atomic E-state index is 0.0338. The third-order valence-corrected chi connectivity index (χ3v) is 3.65. The molecule has 1 aromatic heterocycles. The number of hydrogen-bond donors (Lipinski definition) is 1. The number of fused-ring (bicyclic) bond motifs is 1. The summed E-state index contributed by atoms with van der Waals surface area (Å²) >= 11 is 0. The number of hydrogen-bond acceptors (Lipinski definition) is 2. The Bertz CT molecular complexity index is 606. The Morgan fingerprint density at radius 3 is 3.11 bits per heavy atom. The molecule has 1 aromatic carbocycles. The molecule has 4 heteroatoms. The van der Waals surface area contributed by atoms with Gasteiger partial charge in [-0.25, -0.2) is 4.79 Å². The van der Waals surface area contributed by atoms with Crippen molar-refractivity contribution in [3.8, 4) is 0 Å². The fourth-order valence-corrected chi connectivity index (χ4v) is 2.73. The Morgan fingerprint density at radius 2 is 2.33 bits per heavy atom. The Hall–Kier alpha value is -1.55. The van der Waals surface area contributed by atoms with Crippen LogP contribution in [-0.2, 0) is 11.3 Å². The molecule has 1 saturated heterocycles. The van der Waals surface area contributed by atoms with E-state index in [1.807, 2.05) is 29.7 Å². The van der Waals surface area contributed by atoms with Gasteiger partial charge >= 0.3 is 5.69 Å². The molecule has 4 nitrogen and oxygen atoms in total. The number of aryl methyl sites for hydroxylation is 1. The van der Waals surface area contributed by atoms with Crippen LogP contribution >= 0.6 is 0 Å². The Morgan fingerprint density at radius 1 is 1.44 bits per heavy atom. The smallest absolute Gasteiger partial charge is 0.326 e. The van der Waals surface area contributed by atoms with Crippen LogP contribution in [0.25, 0.3) is 11.0 Å². The van der Waals surface area contributed by atoms with Crippen molar-refractivity contribution in [1.82, 2.24) is 9.55 Å². The highest BCUT2D eigenvalue weighted by Crippen LogP contribution is 2.18. The van der Waals surface area contributed by atoms with Gasteiger partial charge in [0.2, 0.25) is 0 Å². The first-order valence-electron chi connectivity index (χ1n) is 6.55. The first-order chi connectivity index (χ1) is 8.75. The van der Waals surface area contributed by atoms with E-state index in [0.29, 0.717) is 6.54 Å². The van der Waals surface area contributed by atoms with Gasteiger partial charge in [0.15, 0.2) is 0 Å². The summed E-state index contributed by atoms with van der Waals surface area (Å²) in [5, 5.41) is 0. The van der Waals surface area contributed by atoms with Crippen LogP contribution in [0.2, 0.25) is 0 Å². The summed E-state index contributed by atoms with van der Waals surface area (Å²) < 4.78 is 7.54. The summed E-state index contributed by atoms with van der Waals surface area (Å²) in [7, 11) is 0. The normalized spacial score (nSPS) is 20.4. The predicted octanol–water partition coefficient (Wildman–Crippen LogP) is 2.21. The first-order valence-corrected chi connectivity index (χ1v) is 6.55. The number of nitrogens with zero attached hydrogens (tertiary/aromatic N) is 1. The van der Waals surface area contributed by atoms with Crippen LogP contribution in [0, 0.1) is 6.92 Å². The van der Waals surface area contributed by atoms with E-state index in [-0.39, 0.29) is 11.8 Å². The maximum atomic E-state index is 12.0. The first kappa shape index (κ1) is 11.5. The molecular formula is C14H18N2O2. The summed E-state index contributed by atoms with van der Waals surface area (Å²) in [6.07, 6.45) is 3.56. The highest BCUT2D eigenvalue weighted by Gasteiger charge is 2.17. The summed E-state index contributed by atoms with van der Waals surface area (Å²) in [5.41, 5.74) is 3.02. The van der Waals surface area contributed by atoms with E-state index in [1.54, 1.807) is 0 Å². The maximum absolute atomic E-state index is 12.0. The predicted molar refractivity (Wildman–Crippen MR) is 70.9 cm³/mol. The molecule has 1 unspecified atom stereocenters. The number of imidazole rings is 1. The molecule has 1 aliphatic rings. The lowest BCUT2D eigenvalue weighted by molar-refractivity contribution is 0.00612. The molecule has 0 bridgehead atoms. The van der Waals surface area contributed by atoms with Crippen molar-refractivity contribution in [2.75, 3.05) is 6.61 Å². The van der Waals surface area contributed by atoms with Crippen LogP contribution in [0.5, 0.6) is 0 Å². The van der Waals surface area contributed by atoms with Crippen molar-refractivity contribution in [3.63, 3.8) is 0 Å². The van der Waals surface area contributed by atoms with Gasteiger partial charge in [-0.3, -0.25) is 4.57 Å². The minimum Gasteiger partial charge on any atom is -0.376 e. The number of H-pyrrole nitrogens is 1. The van der Waals surface area contributed by atoms with Gasteiger partial charge in [-0.15, -0.1) is 0 Å². The molecule has 1 fully saturated rings. The summed E-state index contributed by atoms with van der Waals surface area (Å²) in [4.78, 5) is 14.9. The van der Waals surface area contributed by atoms with Crippen molar-refractivity contribution >= 4 is 11.0 Å². The van der Waals surface area contributed by atoms with Gasteiger partial charge < -0.3 is 9.72 Å². The molecule has 2 heterocycles. The van der Waals surface area contributed by atoms with Crippen molar-refractivity contribution < 1.29 is 4.74 Å². The lowest BCUT2D eigenvalue weighted by Gasteiger charge is -2.22. The van der Waals surface area contributed by atoms with E-state index in [0.717, 1.165) is 36.0 Å². The van der Waals surface area contributed by atoms with E-state index >= 15 is 0 Å². The molecule has 0 aliphatic carbocycles. The molecule has 1 aliphatic heterocycles. The van der Waals surface area contributed by atoms with Crippen LogP contribution < -0.4 is 5.69 Å². The number of rotatable bonds is 2. The standard InChI is InChI=1S/C14H18N2O2/c1-10-5-4-7-12-13(10)16(14(17)15-12)9-11-6-2-3-8-18-11/h4-5,7,11H,2-3,6,8-9H2,1H3,(H,15,17). The topological polar surface area (TPSA) is 47.0 Å². The van der Waals surface area contributed by atoms with Crippen molar-refractivity contribution in [3.05, 3.63) is 34.2 Å². The van der Waals surface area contributed by atoms with E-state index in [4.69, 9.17) is 4.74 Å². The molecule has 0 saturated carbocycles. The van der Waals surface area contributed by atoms with Gasteiger partial charge in [-0.1, -0.05) is 12.1 Å². The quantitative estimate of drug-likeness (QED) is 0.883. The molecule has 3 rings (SSSR count). The molecule has 18 heavy (non-hydrogen) atoms. The van der Waals surface area contributed by atoms with Crippen LogP contribution in [0.4, 0.5) is 0 Å². The van der Waals surface area contributed by atoms with Crippen molar-refractivity contribution in [2.24, 2.45) is 0 Å². The zero-order valence-corrected chi connectivity index (χ0v) is 10.6.